The summed E-state index contributed by atoms with van der Waals surface area (Å²) in [4.78, 5) is 14.5. The highest BCUT2D eigenvalue weighted by atomic mass is 16.5. The predicted octanol–water partition coefficient (Wildman–Crippen LogP) is 4.04. The SMILES string of the molecule is COC1=CCc2cnc(Nc3ccc(N4CC5CN(C)CC5C4)cc3)nc2C1C(C)C. The lowest BCUT2D eigenvalue weighted by Crippen LogP contribution is -2.26. The second kappa shape index (κ2) is 8.15. The van der Waals surface area contributed by atoms with Gasteiger partial charge in [-0.25, -0.2) is 9.97 Å². The Bertz CT molecular complexity index is 956. The fourth-order valence-electron chi connectivity index (χ4n) is 5.56. The lowest BCUT2D eigenvalue weighted by atomic mass is 9.83. The zero-order valence-electron chi connectivity index (χ0n) is 19.0. The summed E-state index contributed by atoms with van der Waals surface area (Å²) in [5.74, 6) is 3.87. The molecule has 6 heteroatoms. The lowest BCUT2D eigenvalue weighted by Gasteiger charge is -2.28. The minimum Gasteiger partial charge on any atom is -0.501 e. The van der Waals surface area contributed by atoms with E-state index in [-0.39, 0.29) is 5.92 Å². The summed E-state index contributed by atoms with van der Waals surface area (Å²) < 4.78 is 5.65. The molecule has 31 heavy (non-hydrogen) atoms. The molecule has 1 aromatic carbocycles. The largest absolute Gasteiger partial charge is 0.501 e. The Labute approximate surface area is 185 Å². The Hall–Kier alpha value is -2.60. The molecule has 5 rings (SSSR count). The minimum atomic E-state index is 0.174. The summed E-state index contributed by atoms with van der Waals surface area (Å²) >= 11 is 0. The van der Waals surface area contributed by atoms with E-state index in [0.717, 1.165) is 35.4 Å². The van der Waals surface area contributed by atoms with E-state index in [2.05, 4.69) is 71.3 Å². The molecular formula is C25H33N5O. The number of fused-ring (bicyclic) bond motifs is 2. The summed E-state index contributed by atoms with van der Waals surface area (Å²) in [7, 11) is 3.99. The molecular weight excluding hydrogens is 386 g/mol. The first-order valence-corrected chi connectivity index (χ1v) is 11.4. The minimum absolute atomic E-state index is 0.174. The standard InChI is InChI=1S/C25H33N5O/c1-16(2)23-22(31-4)10-5-17-11-26-25(28-24(17)23)27-20-6-8-21(9-7-20)30-14-18-12-29(3)13-19(18)15-30/h6-11,16,18-19,23H,5,12-15H2,1-4H3,(H,26,27,28). The second-order valence-corrected chi connectivity index (χ2v) is 9.66. The molecule has 0 amide bonds. The first kappa shape index (κ1) is 20.3. The van der Waals surface area contributed by atoms with Crippen molar-refractivity contribution < 1.29 is 4.74 Å². The molecule has 2 aliphatic heterocycles. The van der Waals surface area contributed by atoms with E-state index in [1.807, 2.05) is 6.20 Å². The van der Waals surface area contributed by atoms with Crippen LogP contribution in [0.25, 0.3) is 0 Å². The topological polar surface area (TPSA) is 53.5 Å². The molecule has 2 aromatic rings. The number of benzene rings is 1. The van der Waals surface area contributed by atoms with Crippen LogP contribution in [0.3, 0.4) is 0 Å². The van der Waals surface area contributed by atoms with Crippen molar-refractivity contribution in [1.82, 2.24) is 14.9 Å². The highest BCUT2D eigenvalue weighted by molar-refractivity contribution is 5.60. The van der Waals surface area contributed by atoms with Crippen molar-refractivity contribution in [1.29, 1.82) is 0 Å². The molecule has 1 N–H and O–H groups in total. The molecule has 3 atom stereocenters. The summed E-state index contributed by atoms with van der Waals surface area (Å²) in [6.07, 6.45) is 4.94. The number of methoxy groups -OCH3 is 1. The summed E-state index contributed by atoms with van der Waals surface area (Å²) in [6, 6.07) is 8.71. The maximum absolute atomic E-state index is 5.65. The normalized spacial score (nSPS) is 25.4. The van der Waals surface area contributed by atoms with Crippen LogP contribution in [0.15, 0.2) is 42.3 Å². The van der Waals surface area contributed by atoms with E-state index in [4.69, 9.17) is 9.72 Å². The van der Waals surface area contributed by atoms with Crippen LogP contribution in [-0.2, 0) is 11.2 Å². The molecule has 3 heterocycles. The number of hydrogen-bond donors (Lipinski definition) is 1. The van der Waals surface area contributed by atoms with Crippen LogP contribution >= 0.6 is 0 Å². The number of aromatic nitrogens is 2. The van der Waals surface area contributed by atoms with Crippen molar-refractivity contribution in [2.45, 2.75) is 26.2 Å². The highest BCUT2D eigenvalue weighted by Crippen LogP contribution is 2.37. The smallest absolute Gasteiger partial charge is 0.227 e. The number of anilines is 3. The summed E-state index contributed by atoms with van der Waals surface area (Å²) in [6.45, 7) is 9.22. The van der Waals surface area contributed by atoms with Gasteiger partial charge in [0.05, 0.1) is 18.7 Å². The van der Waals surface area contributed by atoms with Gasteiger partial charge in [0.1, 0.15) is 5.76 Å². The van der Waals surface area contributed by atoms with Crippen LogP contribution in [0.5, 0.6) is 0 Å². The van der Waals surface area contributed by atoms with Gasteiger partial charge in [-0.3, -0.25) is 0 Å². The third kappa shape index (κ3) is 3.89. The van der Waals surface area contributed by atoms with E-state index in [0.29, 0.717) is 11.9 Å². The number of likely N-dealkylation sites (tertiary alicyclic amines) is 1. The molecule has 0 spiro atoms. The van der Waals surface area contributed by atoms with E-state index in [1.54, 1.807) is 7.11 Å². The summed E-state index contributed by atoms with van der Waals surface area (Å²) in [5.41, 5.74) is 4.59. The van der Waals surface area contributed by atoms with Crippen molar-refractivity contribution in [2.75, 3.05) is 50.6 Å². The maximum Gasteiger partial charge on any atom is 0.227 e. The molecule has 1 aliphatic carbocycles. The Morgan fingerprint density at radius 3 is 2.42 bits per heavy atom. The number of nitrogens with one attached hydrogen (secondary N) is 1. The molecule has 0 bridgehead atoms. The zero-order chi connectivity index (χ0) is 21.5. The summed E-state index contributed by atoms with van der Waals surface area (Å²) in [5, 5.41) is 3.40. The average Bonchev–Trinajstić information content (AvgIpc) is 3.30. The Morgan fingerprint density at radius 2 is 1.77 bits per heavy atom. The lowest BCUT2D eigenvalue weighted by molar-refractivity contribution is 0.240. The van der Waals surface area contributed by atoms with Crippen molar-refractivity contribution >= 4 is 17.3 Å². The van der Waals surface area contributed by atoms with Crippen molar-refractivity contribution in [2.24, 2.45) is 17.8 Å². The van der Waals surface area contributed by atoms with Crippen molar-refractivity contribution in [3.63, 3.8) is 0 Å². The average molecular weight is 420 g/mol. The third-order valence-electron chi connectivity index (χ3n) is 7.08. The molecule has 6 nitrogen and oxygen atoms in total. The fourth-order valence-corrected chi connectivity index (χ4v) is 5.56. The molecule has 1 aromatic heterocycles. The number of ether oxygens (including phenoxy) is 1. The molecule has 164 valence electrons. The van der Waals surface area contributed by atoms with Gasteiger partial charge in [0.25, 0.3) is 0 Å². The molecule has 2 saturated heterocycles. The van der Waals surface area contributed by atoms with E-state index in [1.165, 1.54) is 37.4 Å². The first-order valence-electron chi connectivity index (χ1n) is 11.4. The van der Waals surface area contributed by atoms with Gasteiger partial charge in [0, 0.05) is 43.8 Å². The van der Waals surface area contributed by atoms with Gasteiger partial charge in [-0.2, -0.15) is 0 Å². The van der Waals surface area contributed by atoms with Crippen LogP contribution < -0.4 is 10.2 Å². The van der Waals surface area contributed by atoms with Crippen molar-refractivity contribution in [3.8, 4) is 0 Å². The third-order valence-corrected chi connectivity index (χ3v) is 7.08. The number of allylic oxidation sites excluding steroid dienone is 2. The first-order chi connectivity index (χ1) is 15.0. The Morgan fingerprint density at radius 1 is 1.06 bits per heavy atom. The van der Waals surface area contributed by atoms with Gasteiger partial charge in [0.15, 0.2) is 0 Å². The van der Waals surface area contributed by atoms with Crippen molar-refractivity contribution in [3.05, 3.63) is 53.6 Å². The molecule has 2 fully saturated rings. The van der Waals surface area contributed by atoms with Gasteiger partial charge in [-0.15, -0.1) is 0 Å². The van der Waals surface area contributed by atoms with Gasteiger partial charge in [-0.05, 0) is 67.1 Å². The fraction of sp³-hybridized carbons (Fsp3) is 0.520. The predicted molar refractivity (Wildman–Crippen MR) is 125 cm³/mol. The van der Waals surface area contributed by atoms with Crippen LogP contribution in [-0.4, -0.2) is 55.2 Å². The Balaban J connectivity index is 1.30. The van der Waals surface area contributed by atoms with Crippen LogP contribution in [0, 0.1) is 17.8 Å². The number of nitrogens with zero attached hydrogens (tertiary/aromatic N) is 4. The molecule has 0 saturated carbocycles. The highest BCUT2D eigenvalue weighted by Gasteiger charge is 2.38. The zero-order valence-corrected chi connectivity index (χ0v) is 19.0. The van der Waals surface area contributed by atoms with E-state index in [9.17, 15) is 0 Å². The van der Waals surface area contributed by atoms with Crippen LogP contribution in [0.2, 0.25) is 0 Å². The van der Waals surface area contributed by atoms with Crippen LogP contribution in [0.4, 0.5) is 17.3 Å². The molecule has 0 radical (unpaired) electrons. The van der Waals surface area contributed by atoms with E-state index >= 15 is 0 Å². The van der Waals surface area contributed by atoms with Gasteiger partial charge < -0.3 is 19.9 Å². The number of hydrogen-bond acceptors (Lipinski definition) is 6. The molecule has 3 aliphatic rings. The second-order valence-electron chi connectivity index (χ2n) is 9.66. The maximum atomic E-state index is 5.65. The molecule has 3 unspecified atom stereocenters. The van der Waals surface area contributed by atoms with Gasteiger partial charge >= 0.3 is 0 Å². The number of rotatable bonds is 5. The van der Waals surface area contributed by atoms with Crippen LogP contribution in [0.1, 0.15) is 31.0 Å². The van der Waals surface area contributed by atoms with E-state index < -0.39 is 0 Å². The quantitative estimate of drug-likeness (QED) is 0.789. The van der Waals surface area contributed by atoms with Gasteiger partial charge in [0.2, 0.25) is 5.95 Å². The Kier molecular flexibility index (Phi) is 5.34. The monoisotopic (exact) mass is 419 g/mol. The van der Waals surface area contributed by atoms with Gasteiger partial charge in [-0.1, -0.05) is 13.8 Å².